The standard InChI is InChI=1S/C18H36/c1-4-5-6-7-8-9-10-11-12-13-14-15-16-17-18(2)3/h9-10,18H,4-8,11-17H2,1-3H3/b10-9-. The lowest BCUT2D eigenvalue weighted by Crippen LogP contribution is -1.86. The van der Waals surface area contributed by atoms with Crippen molar-refractivity contribution in [3.05, 3.63) is 12.2 Å². The Balaban J connectivity index is 3.04. The smallest absolute Gasteiger partial charge is 0.0351 e. The van der Waals surface area contributed by atoms with E-state index in [9.17, 15) is 0 Å². The van der Waals surface area contributed by atoms with Crippen LogP contribution >= 0.6 is 0 Å². The van der Waals surface area contributed by atoms with Crippen LogP contribution < -0.4 is 0 Å². The summed E-state index contributed by atoms with van der Waals surface area (Å²) < 4.78 is 0. The van der Waals surface area contributed by atoms with Gasteiger partial charge in [-0.25, -0.2) is 0 Å². The van der Waals surface area contributed by atoms with Crippen LogP contribution in [0.5, 0.6) is 0 Å². The van der Waals surface area contributed by atoms with E-state index in [1.54, 1.807) is 0 Å². The van der Waals surface area contributed by atoms with Crippen molar-refractivity contribution in [2.45, 2.75) is 97.8 Å². The molecule has 0 heterocycles. The molecule has 0 heteroatoms. The van der Waals surface area contributed by atoms with Crippen LogP contribution in [0.1, 0.15) is 97.8 Å². The second-order valence-electron chi connectivity index (χ2n) is 6.06. The third-order valence-corrected chi connectivity index (χ3v) is 3.54. The fourth-order valence-corrected chi connectivity index (χ4v) is 2.27. The van der Waals surface area contributed by atoms with Gasteiger partial charge in [-0.15, -0.1) is 0 Å². The van der Waals surface area contributed by atoms with Gasteiger partial charge < -0.3 is 0 Å². The molecule has 0 aromatic rings. The van der Waals surface area contributed by atoms with Crippen LogP contribution in [-0.2, 0) is 0 Å². The predicted molar refractivity (Wildman–Crippen MR) is 85.1 cm³/mol. The molecule has 0 aliphatic rings. The van der Waals surface area contributed by atoms with Gasteiger partial charge in [-0.1, -0.05) is 84.3 Å². The van der Waals surface area contributed by atoms with Crippen molar-refractivity contribution >= 4 is 0 Å². The van der Waals surface area contributed by atoms with Crippen LogP contribution in [0.15, 0.2) is 12.2 Å². The first-order chi connectivity index (χ1) is 8.77. The molecule has 0 nitrogen and oxygen atoms in total. The van der Waals surface area contributed by atoms with Crippen molar-refractivity contribution in [3.8, 4) is 0 Å². The van der Waals surface area contributed by atoms with Crippen LogP contribution in [-0.4, -0.2) is 0 Å². The predicted octanol–water partition coefficient (Wildman–Crippen LogP) is 6.90. The Morgan fingerprint density at radius 3 is 1.72 bits per heavy atom. The van der Waals surface area contributed by atoms with Crippen molar-refractivity contribution in [1.29, 1.82) is 0 Å². The largest absolute Gasteiger partial charge is 0.0885 e. The van der Waals surface area contributed by atoms with Gasteiger partial charge in [0.15, 0.2) is 0 Å². The van der Waals surface area contributed by atoms with Crippen molar-refractivity contribution in [2.24, 2.45) is 5.92 Å². The lowest BCUT2D eigenvalue weighted by Gasteiger charge is -2.03. The molecule has 0 unspecified atom stereocenters. The Labute approximate surface area is 116 Å². The normalized spacial score (nSPS) is 11.8. The zero-order valence-electron chi connectivity index (χ0n) is 13.2. The van der Waals surface area contributed by atoms with Crippen molar-refractivity contribution in [2.75, 3.05) is 0 Å². The summed E-state index contributed by atoms with van der Waals surface area (Å²) >= 11 is 0. The first kappa shape index (κ1) is 17.7. The van der Waals surface area contributed by atoms with Gasteiger partial charge in [-0.2, -0.15) is 0 Å². The van der Waals surface area contributed by atoms with Crippen LogP contribution in [0.25, 0.3) is 0 Å². The Hall–Kier alpha value is -0.260. The minimum Gasteiger partial charge on any atom is -0.0885 e. The zero-order chi connectivity index (χ0) is 13.5. The average Bonchev–Trinajstić information content (AvgIpc) is 2.34. The highest BCUT2D eigenvalue weighted by Gasteiger charge is 1.94. The monoisotopic (exact) mass is 252 g/mol. The summed E-state index contributed by atoms with van der Waals surface area (Å²) in [5, 5.41) is 0. The van der Waals surface area contributed by atoms with E-state index < -0.39 is 0 Å². The highest BCUT2D eigenvalue weighted by molar-refractivity contribution is 4.81. The molecule has 0 spiro atoms. The molecule has 0 aromatic heterocycles. The number of unbranched alkanes of at least 4 members (excludes halogenated alkanes) is 9. The summed E-state index contributed by atoms with van der Waals surface area (Å²) in [6.45, 7) is 6.92. The maximum atomic E-state index is 2.40. The van der Waals surface area contributed by atoms with Crippen molar-refractivity contribution in [3.63, 3.8) is 0 Å². The summed E-state index contributed by atoms with van der Waals surface area (Å²) in [6, 6.07) is 0. The highest BCUT2D eigenvalue weighted by Crippen LogP contribution is 2.11. The van der Waals surface area contributed by atoms with Gasteiger partial charge in [0.1, 0.15) is 0 Å². The number of allylic oxidation sites excluding steroid dienone is 2. The van der Waals surface area contributed by atoms with Gasteiger partial charge in [0.05, 0.1) is 0 Å². The summed E-state index contributed by atoms with van der Waals surface area (Å²) in [7, 11) is 0. The van der Waals surface area contributed by atoms with E-state index in [4.69, 9.17) is 0 Å². The van der Waals surface area contributed by atoms with Gasteiger partial charge >= 0.3 is 0 Å². The highest BCUT2D eigenvalue weighted by atomic mass is 14.0. The molecule has 0 aliphatic heterocycles. The molecule has 0 amide bonds. The molecule has 18 heavy (non-hydrogen) atoms. The van der Waals surface area contributed by atoms with E-state index in [0.717, 1.165) is 5.92 Å². The molecule has 0 saturated carbocycles. The van der Waals surface area contributed by atoms with Gasteiger partial charge in [-0.05, 0) is 31.6 Å². The fraction of sp³-hybridized carbons (Fsp3) is 0.889. The molecule has 0 bridgehead atoms. The fourth-order valence-electron chi connectivity index (χ4n) is 2.27. The Bertz CT molecular complexity index is 167. The van der Waals surface area contributed by atoms with Crippen LogP contribution in [0, 0.1) is 5.92 Å². The molecule has 0 aliphatic carbocycles. The maximum Gasteiger partial charge on any atom is -0.0351 e. The third kappa shape index (κ3) is 15.7. The van der Waals surface area contributed by atoms with E-state index in [-0.39, 0.29) is 0 Å². The lowest BCUT2D eigenvalue weighted by molar-refractivity contribution is 0.516. The van der Waals surface area contributed by atoms with Crippen molar-refractivity contribution < 1.29 is 0 Å². The molecular weight excluding hydrogens is 216 g/mol. The van der Waals surface area contributed by atoms with E-state index in [2.05, 4.69) is 32.9 Å². The molecule has 0 N–H and O–H groups in total. The quantitative estimate of drug-likeness (QED) is 0.247. The van der Waals surface area contributed by atoms with E-state index in [1.165, 1.54) is 77.0 Å². The molecule has 0 rings (SSSR count). The summed E-state index contributed by atoms with van der Waals surface area (Å²) in [4.78, 5) is 0. The van der Waals surface area contributed by atoms with Crippen molar-refractivity contribution in [1.82, 2.24) is 0 Å². The molecule has 0 atom stereocenters. The minimum absolute atomic E-state index is 0.889. The van der Waals surface area contributed by atoms with Gasteiger partial charge in [-0.3, -0.25) is 0 Å². The molecule has 0 saturated heterocycles. The van der Waals surface area contributed by atoms with Gasteiger partial charge in [0, 0.05) is 0 Å². The zero-order valence-corrected chi connectivity index (χ0v) is 13.2. The minimum atomic E-state index is 0.889. The second-order valence-corrected chi connectivity index (χ2v) is 6.06. The number of rotatable bonds is 13. The van der Waals surface area contributed by atoms with Crippen LogP contribution in [0.4, 0.5) is 0 Å². The van der Waals surface area contributed by atoms with Crippen LogP contribution in [0.3, 0.4) is 0 Å². The Kier molecular flexibility index (Phi) is 14.6. The first-order valence-electron chi connectivity index (χ1n) is 8.42. The van der Waals surface area contributed by atoms with Gasteiger partial charge in [0.25, 0.3) is 0 Å². The second kappa shape index (κ2) is 14.8. The number of hydrogen-bond acceptors (Lipinski definition) is 0. The SMILES string of the molecule is CCCCCC/C=C\CCCCCCCC(C)C. The van der Waals surface area contributed by atoms with E-state index in [0.29, 0.717) is 0 Å². The van der Waals surface area contributed by atoms with Gasteiger partial charge in [0.2, 0.25) is 0 Å². The van der Waals surface area contributed by atoms with Crippen LogP contribution in [0.2, 0.25) is 0 Å². The molecule has 108 valence electrons. The molecule has 0 fully saturated rings. The molecular formula is C18H36. The topological polar surface area (TPSA) is 0 Å². The summed E-state index contributed by atoms with van der Waals surface area (Å²) in [5.74, 6) is 0.889. The number of hydrogen-bond donors (Lipinski definition) is 0. The lowest BCUT2D eigenvalue weighted by atomic mass is 10.0. The summed E-state index contributed by atoms with van der Waals surface area (Å²) in [5.41, 5.74) is 0. The first-order valence-corrected chi connectivity index (χ1v) is 8.42. The van der Waals surface area contributed by atoms with E-state index >= 15 is 0 Å². The Morgan fingerprint density at radius 2 is 1.17 bits per heavy atom. The average molecular weight is 252 g/mol. The molecule has 0 radical (unpaired) electrons. The summed E-state index contributed by atoms with van der Waals surface area (Å²) in [6.07, 6.45) is 21.5. The van der Waals surface area contributed by atoms with E-state index in [1.807, 2.05) is 0 Å². The maximum absolute atomic E-state index is 2.40. The Morgan fingerprint density at radius 1 is 0.667 bits per heavy atom. The third-order valence-electron chi connectivity index (χ3n) is 3.54. The molecule has 0 aromatic carbocycles.